The topological polar surface area (TPSA) is 58.5 Å². The smallest absolute Gasteiger partial charge is 0.234 e. The van der Waals surface area contributed by atoms with Crippen molar-refractivity contribution in [3.8, 4) is 0 Å². The summed E-state index contributed by atoms with van der Waals surface area (Å²) in [6.07, 6.45) is 6.39. The maximum atomic E-state index is 10.6. The standard InChI is InChI=1S/C13H22N2O2/c1-4-12(2)5-11(15-10-17)6-13(3,7-12)8-14-9-16/h10-11H,4-8H2,1-3H3,(H,15,17). The van der Waals surface area contributed by atoms with Crippen molar-refractivity contribution < 1.29 is 9.59 Å². The highest BCUT2D eigenvalue weighted by Gasteiger charge is 2.42. The largest absolute Gasteiger partial charge is 0.356 e. The molecule has 1 saturated carbocycles. The van der Waals surface area contributed by atoms with Crippen molar-refractivity contribution in [2.24, 2.45) is 15.8 Å². The van der Waals surface area contributed by atoms with Gasteiger partial charge in [0, 0.05) is 6.04 Å². The van der Waals surface area contributed by atoms with Gasteiger partial charge in [-0.25, -0.2) is 9.79 Å². The number of hydrogen-bond acceptors (Lipinski definition) is 3. The van der Waals surface area contributed by atoms with E-state index in [0.29, 0.717) is 6.54 Å². The molecule has 17 heavy (non-hydrogen) atoms. The van der Waals surface area contributed by atoms with Gasteiger partial charge in [0.25, 0.3) is 0 Å². The number of rotatable bonds is 5. The maximum absolute atomic E-state index is 10.6. The number of nitrogens with zero attached hydrogens (tertiary/aromatic N) is 1. The lowest BCUT2D eigenvalue weighted by atomic mass is 9.61. The third-order valence-electron chi connectivity index (χ3n) is 4.01. The molecule has 0 radical (unpaired) electrons. The first kappa shape index (κ1) is 13.9. The molecule has 4 heteroatoms. The van der Waals surface area contributed by atoms with E-state index in [1.54, 1.807) is 6.08 Å². The van der Waals surface area contributed by atoms with Gasteiger partial charge in [0.15, 0.2) is 0 Å². The molecule has 3 atom stereocenters. The number of amides is 1. The first-order valence-electron chi connectivity index (χ1n) is 6.20. The molecule has 0 aromatic carbocycles. The number of nitrogens with one attached hydrogen (secondary N) is 1. The van der Waals surface area contributed by atoms with Crippen molar-refractivity contribution in [3.05, 3.63) is 0 Å². The first-order chi connectivity index (χ1) is 7.97. The maximum Gasteiger partial charge on any atom is 0.234 e. The van der Waals surface area contributed by atoms with Crippen molar-refractivity contribution >= 4 is 12.5 Å². The van der Waals surface area contributed by atoms with E-state index in [1.165, 1.54) is 0 Å². The van der Waals surface area contributed by atoms with E-state index in [-0.39, 0.29) is 16.9 Å². The first-order valence-corrected chi connectivity index (χ1v) is 6.20. The minimum absolute atomic E-state index is 0.0128. The van der Waals surface area contributed by atoms with Crippen LogP contribution in [0.3, 0.4) is 0 Å². The van der Waals surface area contributed by atoms with E-state index < -0.39 is 0 Å². The molecular weight excluding hydrogens is 216 g/mol. The number of carbonyl (C=O) groups is 1. The van der Waals surface area contributed by atoms with Crippen LogP contribution >= 0.6 is 0 Å². The normalized spacial score (nSPS) is 37.0. The molecule has 1 N–H and O–H groups in total. The van der Waals surface area contributed by atoms with E-state index in [2.05, 4.69) is 31.1 Å². The number of aliphatic imine (C=N–C) groups is 1. The SMILES string of the molecule is CCC1(C)CC(NC=O)CC(C)(CN=C=O)C1. The summed E-state index contributed by atoms with van der Waals surface area (Å²) >= 11 is 0. The van der Waals surface area contributed by atoms with Crippen molar-refractivity contribution in [2.75, 3.05) is 6.54 Å². The van der Waals surface area contributed by atoms with Crippen molar-refractivity contribution in [1.29, 1.82) is 0 Å². The van der Waals surface area contributed by atoms with Gasteiger partial charge in [0.05, 0.1) is 6.54 Å². The lowest BCUT2D eigenvalue weighted by molar-refractivity contribution is -0.111. The fourth-order valence-corrected chi connectivity index (χ4v) is 3.26. The number of carbonyl (C=O) groups excluding carboxylic acids is 2. The summed E-state index contributed by atoms with van der Waals surface area (Å²) in [5.41, 5.74) is 0.202. The minimum Gasteiger partial charge on any atom is -0.356 e. The zero-order valence-corrected chi connectivity index (χ0v) is 11.0. The van der Waals surface area contributed by atoms with Crippen LogP contribution < -0.4 is 5.32 Å². The second kappa shape index (κ2) is 5.46. The fourth-order valence-electron chi connectivity index (χ4n) is 3.26. The predicted octanol–water partition coefficient (Wildman–Crippen LogP) is 2.04. The summed E-state index contributed by atoms with van der Waals surface area (Å²) in [5, 5.41) is 2.88. The quantitative estimate of drug-likeness (QED) is 0.452. The molecule has 1 amide bonds. The summed E-state index contributed by atoms with van der Waals surface area (Å²) in [6.45, 7) is 7.06. The summed E-state index contributed by atoms with van der Waals surface area (Å²) in [4.78, 5) is 24.6. The van der Waals surface area contributed by atoms with Crippen LogP contribution in [-0.4, -0.2) is 25.1 Å². The predicted molar refractivity (Wildman–Crippen MR) is 66.3 cm³/mol. The Labute approximate surface area is 103 Å². The second-order valence-electron chi connectivity index (χ2n) is 5.95. The fraction of sp³-hybridized carbons (Fsp3) is 0.846. The Bertz CT molecular complexity index is 325. The molecule has 1 aliphatic carbocycles. The Morgan fingerprint density at radius 1 is 1.41 bits per heavy atom. The molecular formula is C13H22N2O2. The van der Waals surface area contributed by atoms with E-state index in [0.717, 1.165) is 32.1 Å². The molecule has 4 nitrogen and oxygen atoms in total. The third-order valence-corrected chi connectivity index (χ3v) is 4.01. The van der Waals surface area contributed by atoms with Gasteiger partial charge in [-0.05, 0) is 30.1 Å². The molecule has 0 heterocycles. The van der Waals surface area contributed by atoms with Gasteiger partial charge in [-0.3, -0.25) is 4.79 Å². The monoisotopic (exact) mass is 238 g/mol. The van der Waals surface area contributed by atoms with Crippen molar-refractivity contribution in [3.63, 3.8) is 0 Å². The van der Waals surface area contributed by atoms with Gasteiger partial charge in [0.1, 0.15) is 0 Å². The third kappa shape index (κ3) is 3.67. The Balaban J connectivity index is 2.83. The Kier molecular flexibility index (Phi) is 4.47. The highest BCUT2D eigenvalue weighted by molar-refractivity contribution is 5.46. The van der Waals surface area contributed by atoms with Crippen LogP contribution in [0.4, 0.5) is 0 Å². The molecule has 3 unspecified atom stereocenters. The molecule has 1 aliphatic rings. The van der Waals surface area contributed by atoms with Crippen LogP contribution in [-0.2, 0) is 9.59 Å². The Hall–Kier alpha value is -1.15. The molecule has 0 saturated heterocycles. The van der Waals surface area contributed by atoms with E-state index >= 15 is 0 Å². The Morgan fingerprint density at radius 3 is 2.59 bits per heavy atom. The van der Waals surface area contributed by atoms with Crippen LogP contribution in [0, 0.1) is 10.8 Å². The average Bonchev–Trinajstić information content (AvgIpc) is 2.26. The number of isocyanates is 1. The van der Waals surface area contributed by atoms with Crippen LogP contribution in [0.15, 0.2) is 4.99 Å². The molecule has 1 fully saturated rings. The van der Waals surface area contributed by atoms with Gasteiger partial charge in [-0.15, -0.1) is 0 Å². The van der Waals surface area contributed by atoms with Gasteiger partial charge in [-0.2, -0.15) is 0 Å². The van der Waals surface area contributed by atoms with Crippen molar-refractivity contribution in [1.82, 2.24) is 5.32 Å². The van der Waals surface area contributed by atoms with E-state index in [1.807, 2.05) is 0 Å². The summed E-state index contributed by atoms with van der Waals surface area (Å²) < 4.78 is 0. The zero-order chi connectivity index (χ0) is 12.9. The Morgan fingerprint density at radius 2 is 2.06 bits per heavy atom. The lowest BCUT2D eigenvalue weighted by Crippen LogP contribution is -2.46. The van der Waals surface area contributed by atoms with Crippen LogP contribution in [0.2, 0.25) is 0 Å². The summed E-state index contributed by atoms with van der Waals surface area (Å²) in [7, 11) is 0. The van der Waals surface area contributed by atoms with Gasteiger partial charge in [0.2, 0.25) is 12.5 Å². The zero-order valence-electron chi connectivity index (χ0n) is 11.0. The van der Waals surface area contributed by atoms with Gasteiger partial charge < -0.3 is 5.32 Å². The second-order valence-corrected chi connectivity index (χ2v) is 5.95. The van der Waals surface area contributed by atoms with E-state index in [9.17, 15) is 9.59 Å². The highest BCUT2D eigenvalue weighted by atomic mass is 16.1. The molecule has 0 aliphatic heterocycles. The highest BCUT2D eigenvalue weighted by Crippen LogP contribution is 2.48. The van der Waals surface area contributed by atoms with E-state index in [4.69, 9.17) is 0 Å². The molecule has 96 valence electrons. The molecule has 0 bridgehead atoms. The molecule has 1 rings (SSSR count). The van der Waals surface area contributed by atoms with Gasteiger partial charge >= 0.3 is 0 Å². The van der Waals surface area contributed by atoms with Crippen LogP contribution in [0.5, 0.6) is 0 Å². The summed E-state index contributed by atoms with van der Waals surface area (Å²) in [6, 6.07) is 0.193. The summed E-state index contributed by atoms with van der Waals surface area (Å²) in [5.74, 6) is 0. The van der Waals surface area contributed by atoms with Gasteiger partial charge in [-0.1, -0.05) is 27.2 Å². The minimum atomic E-state index is -0.0128. The van der Waals surface area contributed by atoms with Crippen LogP contribution in [0.25, 0.3) is 0 Å². The number of hydrogen-bond donors (Lipinski definition) is 1. The molecule has 0 spiro atoms. The van der Waals surface area contributed by atoms with Crippen molar-refractivity contribution in [2.45, 2.75) is 52.5 Å². The molecule has 0 aromatic rings. The average molecular weight is 238 g/mol. The van der Waals surface area contributed by atoms with Crippen LogP contribution in [0.1, 0.15) is 46.5 Å². The molecule has 0 aromatic heterocycles. The lowest BCUT2D eigenvalue weighted by Gasteiger charge is -2.47.